The number of guanidine groups is 1. The van der Waals surface area contributed by atoms with Gasteiger partial charge in [0.15, 0.2) is 5.96 Å². The maximum atomic E-state index is 12.1. The van der Waals surface area contributed by atoms with Crippen LogP contribution in [0.4, 0.5) is 0 Å². The number of nitrogens with one attached hydrogen (secondary N) is 3. The van der Waals surface area contributed by atoms with E-state index in [-0.39, 0.29) is 5.91 Å². The van der Waals surface area contributed by atoms with Crippen molar-refractivity contribution < 1.29 is 9.53 Å². The van der Waals surface area contributed by atoms with Gasteiger partial charge in [-0.2, -0.15) is 0 Å². The molecular formula is C20H25ClN4O2. The second kappa shape index (κ2) is 10.4. The molecule has 0 aliphatic heterocycles. The second-order valence-corrected chi connectivity index (χ2v) is 6.31. The standard InChI is InChI=1S/C20H25ClN4O2/c1-14-8-9-15(18(12-14)27-3)13-25-20(22-2)24-11-10-23-19(26)16-6-4-5-7-17(16)21/h4-9,12H,10-11,13H2,1-3H3,(H,23,26)(H2,22,24,25). The normalized spacial score (nSPS) is 11.0. The third-order valence-electron chi connectivity index (χ3n) is 3.93. The Hall–Kier alpha value is -2.73. The fourth-order valence-electron chi connectivity index (χ4n) is 2.49. The zero-order chi connectivity index (χ0) is 19.6. The number of aryl methyl sites for hydroxylation is 1. The molecule has 6 nitrogen and oxygen atoms in total. The molecule has 0 atom stereocenters. The number of carbonyl (C=O) groups is 1. The highest BCUT2D eigenvalue weighted by atomic mass is 35.5. The number of ether oxygens (including phenoxy) is 1. The van der Waals surface area contributed by atoms with Crippen molar-refractivity contribution in [1.29, 1.82) is 0 Å². The van der Waals surface area contributed by atoms with E-state index in [1.54, 1.807) is 38.4 Å². The van der Waals surface area contributed by atoms with E-state index in [0.717, 1.165) is 16.9 Å². The number of nitrogens with zero attached hydrogens (tertiary/aromatic N) is 1. The van der Waals surface area contributed by atoms with E-state index in [1.807, 2.05) is 25.1 Å². The Balaban J connectivity index is 1.78. The van der Waals surface area contributed by atoms with E-state index in [4.69, 9.17) is 16.3 Å². The Bertz CT molecular complexity index is 808. The Kier molecular flexibility index (Phi) is 7.95. The predicted octanol–water partition coefficient (Wildman–Crippen LogP) is 2.75. The summed E-state index contributed by atoms with van der Waals surface area (Å²) in [5, 5.41) is 9.66. The number of hydrogen-bond donors (Lipinski definition) is 3. The zero-order valence-electron chi connectivity index (χ0n) is 15.8. The number of aliphatic imine (C=N–C) groups is 1. The van der Waals surface area contributed by atoms with Crippen LogP contribution in [0, 0.1) is 6.92 Å². The number of rotatable bonds is 7. The topological polar surface area (TPSA) is 74.8 Å². The van der Waals surface area contributed by atoms with Crippen LogP contribution in [0.25, 0.3) is 0 Å². The van der Waals surface area contributed by atoms with E-state index in [2.05, 4.69) is 20.9 Å². The van der Waals surface area contributed by atoms with Crippen LogP contribution < -0.4 is 20.7 Å². The van der Waals surface area contributed by atoms with Gasteiger partial charge in [-0.05, 0) is 30.7 Å². The molecule has 2 rings (SSSR count). The number of amides is 1. The first-order valence-corrected chi connectivity index (χ1v) is 9.03. The molecule has 2 aromatic rings. The van der Waals surface area contributed by atoms with Crippen LogP contribution in [-0.2, 0) is 6.54 Å². The Morgan fingerprint density at radius 2 is 1.85 bits per heavy atom. The Morgan fingerprint density at radius 1 is 1.11 bits per heavy atom. The number of carbonyl (C=O) groups excluding carboxylic acids is 1. The van der Waals surface area contributed by atoms with Gasteiger partial charge in [-0.1, -0.05) is 35.9 Å². The lowest BCUT2D eigenvalue weighted by atomic mass is 10.1. The summed E-state index contributed by atoms with van der Waals surface area (Å²) in [6.07, 6.45) is 0. The summed E-state index contributed by atoms with van der Waals surface area (Å²) in [5.41, 5.74) is 2.65. The van der Waals surface area contributed by atoms with Gasteiger partial charge in [0.05, 0.1) is 17.7 Å². The first kappa shape index (κ1) is 20.6. The van der Waals surface area contributed by atoms with Crippen molar-refractivity contribution in [3.05, 3.63) is 64.2 Å². The minimum atomic E-state index is -0.199. The zero-order valence-corrected chi connectivity index (χ0v) is 16.6. The van der Waals surface area contributed by atoms with Crippen molar-refractivity contribution in [2.75, 3.05) is 27.2 Å². The molecule has 0 unspecified atom stereocenters. The Labute approximate surface area is 165 Å². The first-order valence-electron chi connectivity index (χ1n) is 8.66. The molecule has 7 heteroatoms. The minimum absolute atomic E-state index is 0.199. The lowest BCUT2D eigenvalue weighted by Crippen LogP contribution is -2.41. The van der Waals surface area contributed by atoms with Crippen molar-refractivity contribution in [3.8, 4) is 5.75 Å². The van der Waals surface area contributed by atoms with Crippen molar-refractivity contribution >= 4 is 23.5 Å². The van der Waals surface area contributed by atoms with Gasteiger partial charge in [-0.15, -0.1) is 0 Å². The molecule has 0 fully saturated rings. The molecule has 1 amide bonds. The van der Waals surface area contributed by atoms with Gasteiger partial charge >= 0.3 is 0 Å². The molecule has 144 valence electrons. The van der Waals surface area contributed by atoms with Crippen molar-refractivity contribution in [3.63, 3.8) is 0 Å². The van der Waals surface area contributed by atoms with Gasteiger partial charge in [0.25, 0.3) is 5.91 Å². The average Bonchev–Trinajstić information content (AvgIpc) is 2.68. The van der Waals surface area contributed by atoms with Gasteiger partial charge in [0.2, 0.25) is 0 Å². The predicted molar refractivity (Wildman–Crippen MR) is 110 cm³/mol. The number of methoxy groups -OCH3 is 1. The van der Waals surface area contributed by atoms with Crippen LogP contribution in [0.3, 0.4) is 0 Å². The lowest BCUT2D eigenvalue weighted by molar-refractivity contribution is 0.0954. The summed E-state index contributed by atoms with van der Waals surface area (Å²) in [7, 11) is 3.36. The highest BCUT2D eigenvalue weighted by Crippen LogP contribution is 2.19. The number of benzene rings is 2. The molecule has 3 N–H and O–H groups in total. The Morgan fingerprint density at radius 3 is 2.56 bits per heavy atom. The van der Waals surface area contributed by atoms with Gasteiger partial charge in [-0.3, -0.25) is 9.79 Å². The average molecular weight is 389 g/mol. The largest absolute Gasteiger partial charge is 0.496 e. The highest BCUT2D eigenvalue weighted by Gasteiger charge is 2.09. The summed E-state index contributed by atoms with van der Waals surface area (Å²) in [6, 6.07) is 13.0. The molecular weight excluding hydrogens is 364 g/mol. The molecule has 0 saturated carbocycles. The van der Waals surface area contributed by atoms with Gasteiger partial charge in [0.1, 0.15) is 5.75 Å². The molecule has 0 saturated heterocycles. The fourth-order valence-corrected chi connectivity index (χ4v) is 2.72. The van der Waals surface area contributed by atoms with E-state index in [0.29, 0.717) is 36.2 Å². The fraction of sp³-hybridized carbons (Fsp3) is 0.300. The van der Waals surface area contributed by atoms with Crippen LogP contribution >= 0.6 is 11.6 Å². The van der Waals surface area contributed by atoms with E-state index in [9.17, 15) is 4.79 Å². The van der Waals surface area contributed by atoms with Gasteiger partial charge in [0, 0.05) is 32.2 Å². The number of hydrogen-bond acceptors (Lipinski definition) is 3. The van der Waals surface area contributed by atoms with Crippen LogP contribution in [0.15, 0.2) is 47.5 Å². The molecule has 0 spiro atoms. The maximum Gasteiger partial charge on any atom is 0.252 e. The third kappa shape index (κ3) is 6.18. The third-order valence-corrected chi connectivity index (χ3v) is 4.26. The molecule has 27 heavy (non-hydrogen) atoms. The van der Waals surface area contributed by atoms with Crippen LogP contribution in [-0.4, -0.2) is 39.1 Å². The van der Waals surface area contributed by atoms with E-state index >= 15 is 0 Å². The monoisotopic (exact) mass is 388 g/mol. The second-order valence-electron chi connectivity index (χ2n) is 5.90. The summed E-state index contributed by atoms with van der Waals surface area (Å²) in [4.78, 5) is 16.3. The summed E-state index contributed by atoms with van der Waals surface area (Å²) >= 11 is 6.02. The number of halogens is 1. The SMILES string of the molecule is CN=C(NCCNC(=O)c1ccccc1Cl)NCc1ccc(C)cc1OC. The molecule has 0 radical (unpaired) electrons. The van der Waals surface area contributed by atoms with Crippen molar-refractivity contribution in [2.45, 2.75) is 13.5 Å². The molecule has 0 aliphatic carbocycles. The maximum absolute atomic E-state index is 12.1. The summed E-state index contributed by atoms with van der Waals surface area (Å²) in [5.74, 6) is 1.28. The summed E-state index contributed by atoms with van der Waals surface area (Å²) in [6.45, 7) is 3.58. The van der Waals surface area contributed by atoms with Crippen LogP contribution in [0.1, 0.15) is 21.5 Å². The van der Waals surface area contributed by atoms with Crippen molar-refractivity contribution in [1.82, 2.24) is 16.0 Å². The first-order chi connectivity index (χ1) is 13.0. The lowest BCUT2D eigenvalue weighted by Gasteiger charge is -2.14. The summed E-state index contributed by atoms with van der Waals surface area (Å²) < 4.78 is 5.41. The highest BCUT2D eigenvalue weighted by molar-refractivity contribution is 6.33. The molecule has 0 aromatic heterocycles. The van der Waals surface area contributed by atoms with Crippen LogP contribution in [0.2, 0.25) is 5.02 Å². The molecule has 0 bridgehead atoms. The smallest absolute Gasteiger partial charge is 0.252 e. The van der Waals surface area contributed by atoms with E-state index in [1.165, 1.54) is 0 Å². The minimum Gasteiger partial charge on any atom is -0.496 e. The van der Waals surface area contributed by atoms with Gasteiger partial charge < -0.3 is 20.7 Å². The molecule has 2 aromatic carbocycles. The quantitative estimate of drug-likeness (QED) is 0.387. The molecule has 0 heterocycles. The van der Waals surface area contributed by atoms with Crippen LogP contribution in [0.5, 0.6) is 5.75 Å². The van der Waals surface area contributed by atoms with Crippen molar-refractivity contribution in [2.24, 2.45) is 4.99 Å². The van der Waals surface area contributed by atoms with E-state index < -0.39 is 0 Å². The van der Waals surface area contributed by atoms with Gasteiger partial charge in [-0.25, -0.2) is 0 Å². The molecule has 0 aliphatic rings.